The Morgan fingerprint density at radius 2 is 0.684 bits per heavy atom. The van der Waals surface area contributed by atoms with E-state index in [2.05, 4.69) is 40.0 Å². The smallest absolute Gasteiger partial charge is 0.214 e. The van der Waals surface area contributed by atoms with Crippen molar-refractivity contribution in [1.29, 1.82) is 0 Å². The zero-order valence-electron chi connectivity index (χ0n) is 13.3. The SMILES string of the molecule is C[PH+](C)C.C[PH+](C)C.[Ti+2].c1cc[cH-]c1.c1cc[cH-]c1. The van der Waals surface area contributed by atoms with Crippen LogP contribution in [0.5, 0.6) is 0 Å². The molecule has 19 heavy (non-hydrogen) atoms. The molecule has 2 rings (SSSR count). The van der Waals surface area contributed by atoms with Gasteiger partial charge in [-0.15, -0.1) is 0 Å². The molecule has 0 fully saturated rings. The predicted octanol–water partition coefficient (Wildman–Crippen LogP) is 4.99. The third-order valence-corrected chi connectivity index (χ3v) is 1.11. The molecule has 2 aromatic carbocycles. The molecule has 0 aromatic heterocycles. The van der Waals surface area contributed by atoms with Crippen LogP contribution in [0.4, 0.5) is 0 Å². The van der Waals surface area contributed by atoms with Crippen molar-refractivity contribution in [1.82, 2.24) is 0 Å². The Morgan fingerprint density at radius 3 is 0.737 bits per heavy atom. The molecule has 0 spiro atoms. The molecule has 3 heteroatoms. The summed E-state index contributed by atoms with van der Waals surface area (Å²) in [4.78, 5) is 0. The Bertz CT molecular complexity index is 214. The maximum Gasteiger partial charge on any atom is 2.00 e. The van der Waals surface area contributed by atoms with Crippen molar-refractivity contribution in [3.63, 3.8) is 0 Å². The molecule has 0 saturated heterocycles. The second-order valence-corrected chi connectivity index (χ2v) is 10.9. The van der Waals surface area contributed by atoms with Gasteiger partial charge in [0.2, 0.25) is 0 Å². The standard InChI is InChI=1S/2C5H5.2C3H9P.Ti/c2*1-2-4-5-3-1;2*1-4(2)3;/h2*1-5H;2*1-3H3;/q2*-1;;;+2/p+2. The second-order valence-electron chi connectivity index (χ2n) is 4.92. The summed E-state index contributed by atoms with van der Waals surface area (Å²) in [6.07, 6.45) is 0. The number of hydrogen-bond donors (Lipinski definition) is 0. The molecule has 0 heterocycles. The fourth-order valence-corrected chi connectivity index (χ4v) is 0.642. The normalized spacial score (nSPS) is 8.00. The molecule has 0 bridgehead atoms. The number of rotatable bonds is 0. The van der Waals surface area contributed by atoms with Crippen LogP contribution in [0, 0.1) is 0 Å². The van der Waals surface area contributed by atoms with Crippen LogP contribution in [0.1, 0.15) is 0 Å². The fraction of sp³-hybridized carbons (Fsp3) is 0.375. The van der Waals surface area contributed by atoms with E-state index < -0.39 is 0 Å². The van der Waals surface area contributed by atoms with Crippen LogP contribution < -0.4 is 0 Å². The van der Waals surface area contributed by atoms with E-state index in [0.717, 1.165) is 0 Å². The first-order valence-corrected chi connectivity index (χ1v) is 12.3. The molecule has 0 amide bonds. The Kier molecular flexibility index (Phi) is 26.3. The van der Waals surface area contributed by atoms with Gasteiger partial charge in [-0.1, -0.05) is 0 Å². The molecule has 0 saturated carbocycles. The van der Waals surface area contributed by atoms with Crippen LogP contribution >= 0.6 is 15.8 Å². The van der Waals surface area contributed by atoms with Gasteiger partial charge < -0.3 is 0 Å². The van der Waals surface area contributed by atoms with Crippen LogP contribution in [0.15, 0.2) is 60.7 Å². The van der Waals surface area contributed by atoms with Gasteiger partial charge in [0.25, 0.3) is 0 Å². The van der Waals surface area contributed by atoms with Gasteiger partial charge in [-0.25, -0.2) is 24.3 Å². The molecule has 0 nitrogen and oxygen atoms in total. The third-order valence-electron chi connectivity index (χ3n) is 1.11. The van der Waals surface area contributed by atoms with Gasteiger partial charge in [0.15, 0.2) is 0 Å². The van der Waals surface area contributed by atoms with E-state index in [0.29, 0.717) is 0 Å². The molecule has 0 N–H and O–H groups in total. The van der Waals surface area contributed by atoms with E-state index in [1.807, 2.05) is 60.7 Å². The summed E-state index contributed by atoms with van der Waals surface area (Å²) < 4.78 is 0. The van der Waals surface area contributed by atoms with Crippen LogP contribution in [0.25, 0.3) is 0 Å². The maximum atomic E-state index is 2.27. The van der Waals surface area contributed by atoms with E-state index in [1.54, 1.807) is 0 Å². The summed E-state index contributed by atoms with van der Waals surface area (Å²) in [6.45, 7) is 13.6. The topological polar surface area (TPSA) is 0 Å². The largest absolute Gasteiger partial charge is 2.00 e. The van der Waals surface area contributed by atoms with E-state index in [9.17, 15) is 0 Å². The molecule has 0 unspecified atom stereocenters. The van der Waals surface area contributed by atoms with E-state index >= 15 is 0 Å². The summed E-state index contributed by atoms with van der Waals surface area (Å²) >= 11 is 0. The summed E-state index contributed by atoms with van der Waals surface area (Å²) in [6, 6.07) is 20.0. The van der Waals surface area contributed by atoms with E-state index in [4.69, 9.17) is 0 Å². The van der Waals surface area contributed by atoms with Crippen molar-refractivity contribution < 1.29 is 21.7 Å². The van der Waals surface area contributed by atoms with E-state index in [-0.39, 0.29) is 37.6 Å². The van der Waals surface area contributed by atoms with Gasteiger partial charge in [-0.2, -0.15) is 36.4 Å². The summed E-state index contributed by atoms with van der Waals surface area (Å²) in [7, 11) is 0.241. The first kappa shape index (κ1) is 24.3. The van der Waals surface area contributed by atoms with Crippen molar-refractivity contribution in [3.05, 3.63) is 60.7 Å². The van der Waals surface area contributed by atoms with E-state index in [1.165, 1.54) is 0 Å². The summed E-state index contributed by atoms with van der Waals surface area (Å²) in [5.41, 5.74) is 0. The zero-order chi connectivity index (χ0) is 14.2. The summed E-state index contributed by atoms with van der Waals surface area (Å²) in [5.74, 6) is 0. The second kappa shape index (κ2) is 20.6. The monoisotopic (exact) mass is 332 g/mol. The molecule has 0 aliphatic heterocycles. The van der Waals surface area contributed by atoms with Crippen molar-refractivity contribution in [2.45, 2.75) is 0 Å². The van der Waals surface area contributed by atoms with Crippen LogP contribution in [0.3, 0.4) is 0 Å². The molecule has 106 valence electrons. The Balaban J connectivity index is -0.000000178. The van der Waals surface area contributed by atoms with Gasteiger partial charge in [-0.3, -0.25) is 0 Å². The van der Waals surface area contributed by atoms with Crippen LogP contribution in [0.2, 0.25) is 0 Å². The van der Waals surface area contributed by atoms with Crippen molar-refractivity contribution in [2.24, 2.45) is 0 Å². The minimum atomic E-state index is 0. The van der Waals surface area contributed by atoms with Gasteiger partial charge in [0, 0.05) is 40.0 Å². The molecule has 0 radical (unpaired) electrons. The average Bonchev–Trinajstić information content (AvgIpc) is 2.96. The maximum absolute atomic E-state index is 2.27. The van der Waals surface area contributed by atoms with Crippen molar-refractivity contribution in [2.75, 3.05) is 40.0 Å². The zero-order valence-corrected chi connectivity index (χ0v) is 16.8. The first-order chi connectivity index (χ1) is 8.46. The first-order valence-electron chi connectivity index (χ1n) is 6.33. The minimum absolute atomic E-state index is 0. The number of hydrogen-bond acceptors (Lipinski definition) is 0. The Hall–Kier alpha value is 0.274. The molecular weight excluding hydrogens is 302 g/mol. The average molecular weight is 332 g/mol. The Morgan fingerprint density at radius 1 is 0.526 bits per heavy atom. The molecule has 0 atom stereocenters. The van der Waals surface area contributed by atoms with Gasteiger partial charge in [0.05, 0.1) is 0 Å². The van der Waals surface area contributed by atoms with Crippen LogP contribution in [-0.2, 0) is 21.7 Å². The minimum Gasteiger partial charge on any atom is -0.214 e. The fourth-order valence-electron chi connectivity index (χ4n) is 0.642. The quantitative estimate of drug-likeness (QED) is 0.362. The van der Waals surface area contributed by atoms with Gasteiger partial charge >= 0.3 is 21.7 Å². The van der Waals surface area contributed by atoms with Gasteiger partial charge in [0.1, 0.15) is 0 Å². The third kappa shape index (κ3) is 45.9. The van der Waals surface area contributed by atoms with Crippen LogP contribution in [-0.4, -0.2) is 40.0 Å². The molecule has 0 aliphatic carbocycles. The van der Waals surface area contributed by atoms with Gasteiger partial charge in [-0.05, 0) is 15.8 Å². The molecule has 2 aromatic rings. The molecule has 0 aliphatic rings. The van der Waals surface area contributed by atoms with Crippen molar-refractivity contribution >= 4 is 15.8 Å². The summed E-state index contributed by atoms with van der Waals surface area (Å²) in [5, 5.41) is 0. The van der Waals surface area contributed by atoms with Crippen molar-refractivity contribution in [3.8, 4) is 0 Å². The molecular formula is C16H30P2Ti+2. The predicted molar refractivity (Wildman–Crippen MR) is 96.2 cm³/mol. The Labute approximate surface area is 138 Å².